The fourth-order valence-electron chi connectivity index (χ4n) is 5.39. The normalized spacial score (nSPS) is 25.1. The van der Waals surface area contributed by atoms with Crippen molar-refractivity contribution in [3.63, 3.8) is 0 Å². The molecule has 2 aliphatic carbocycles. The summed E-state index contributed by atoms with van der Waals surface area (Å²) in [5.41, 5.74) is 1.43. The van der Waals surface area contributed by atoms with E-state index in [1.807, 2.05) is 0 Å². The number of rotatable bonds is 6. The van der Waals surface area contributed by atoms with E-state index in [4.69, 9.17) is 9.97 Å². The van der Waals surface area contributed by atoms with Crippen molar-refractivity contribution in [2.45, 2.75) is 93.9 Å². The zero-order valence-corrected chi connectivity index (χ0v) is 22.3. The van der Waals surface area contributed by atoms with Crippen LogP contribution in [0.5, 0.6) is 0 Å². The zero-order valence-electron chi connectivity index (χ0n) is 20.6. The number of pyridine rings is 1. The van der Waals surface area contributed by atoms with Gasteiger partial charge in [0, 0.05) is 10.9 Å². The number of aliphatic hydroxyl groups is 1. The molecule has 4 N–H and O–H groups in total. The monoisotopic (exact) mass is 519 g/mol. The Bertz CT molecular complexity index is 1150. The third-order valence-corrected chi connectivity index (χ3v) is 10.8. The third kappa shape index (κ3) is 5.81. The van der Waals surface area contributed by atoms with Crippen molar-refractivity contribution in [2.24, 2.45) is 5.41 Å². The van der Waals surface area contributed by atoms with Crippen LogP contribution in [0.4, 0.5) is 16.8 Å². The number of aromatic nitrogens is 2. The first-order chi connectivity index (χ1) is 16.7. The number of hydrogen-bond donors (Lipinski definition) is 4. The third-order valence-electron chi connectivity index (χ3n) is 7.59. The highest BCUT2D eigenvalue weighted by Crippen LogP contribution is 2.39. The van der Waals surface area contributed by atoms with Gasteiger partial charge in [0.05, 0.1) is 21.9 Å². The number of nitrogens with one attached hydrogen (secondary N) is 3. The minimum atomic E-state index is -3.48. The molecule has 0 unspecified atom stereocenters. The molecule has 8 nitrogen and oxygen atoms in total. The topological polar surface area (TPSA) is 116 Å². The molecule has 2 aromatic heterocycles. The van der Waals surface area contributed by atoms with Crippen LogP contribution in [-0.4, -0.2) is 54.0 Å². The molecule has 192 valence electrons. The van der Waals surface area contributed by atoms with Gasteiger partial charge in [0.2, 0.25) is 0 Å². The fraction of sp³-hybridized carbons (Fsp3) is 0.680. The molecule has 1 aliphatic heterocycles. The van der Waals surface area contributed by atoms with Gasteiger partial charge in [0.25, 0.3) is 0 Å². The Kier molecular flexibility index (Phi) is 7.09. The summed E-state index contributed by atoms with van der Waals surface area (Å²) in [6, 6.07) is 3.52. The van der Waals surface area contributed by atoms with Crippen LogP contribution in [0.1, 0.15) is 69.4 Å². The number of piperidine rings is 1. The number of aliphatic hydroxyl groups excluding tert-OH is 1. The molecule has 0 amide bonds. The predicted octanol–water partition coefficient (Wildman–Crippen LogP) is 4.04. The Morgan fingerprint density at radius 3 is 2.51 bits per heavy atom. The molecule has 3 heterocycles. The first-order valence-electron chi connectivity index (χ1n) is 12.8. The van der Waals surface area contributed by atoms with Crippen LogP contribution < -0.4 is 16.0 Å². The van der Waals surface area contributed by atoms with Gasteiger partial charge in [0.15, 0.2) is 15.0 Å². The molecule has 0 spiro atoms. The van der Waals surface area contributed by atoms with E-state index in [9.17, 15) is 13.5 Å². The molecule has 0 atom stereocenters. The Balaban J connectivity index is 1.43. The molecule has 10 heteroatoms. The predicted molar refractivity (Wildman–Crippen MR) is 140 cm³/mol. The molecule has 2 aromatic rings. The van der Waals surface area contributed by atoms with E-state index < -0.39 is 9.84 Å². The summed E-state index contributed by atoms with van der Waals surface area (Å²) in [6.45, 7) is 6.02. The number of nitrogens with zero attached hydrogens (tertiary/aromatic N) is 2. The van der Waals surface area contributed by atoms with E-state index >= 15 is 0 Å². The summed E-state index contributed by atoms with van der Waals surface area (Å²) >= 11 is 1.65. The lowest BCUT2D eigenvalue weighted by Crippen LogP contribution is -2.35. The average molecular weight is 520 g/mol. The fourth-order valence-corrected chi connectivity index (χ4v) is 8.46. The highest BCUT2D eigenvalue weighted by molar-refractivity contribution is 7.92. The van der Waals surface area contributed by atoms with Crippen molar-refractivity contribution in [3.05, 3.63) is 22.7 Å². The van der Waals surface area contributed by atoms with E-state index in [2.05, 4.69) is 29.8 Å². The van der Waals surface area contributed by atoms with Gasteiger partial charge >= 0.3 is 0 Å². The first-order valence-corrected chi connectivity index (χ1v) is 15.2. The Morgan fingerprint density at radius 2 is 1.77 bits per heavy atom. The van der Waals surface area contributed by atoms with E-state index in [-0.39, 0.29) is 22.8 Å². The second-order valence-electron chi connectivity index (χ2n) is 11.1. The van der Waals surface area contributed by atoms with Crippen LogP contribution in [0.25, 0.3) is 0 Å². The Morgan fingerprint density at radius 1 is 1.06 bits per heavy atom. The number of sulfone groups is 1. The van der Waals surface area contributed by atoms with Gasteiger partial charge in [-0.25, -0.2) is 18.4 Å². The quantitative estimate of drug-likeness (QED) is 0.452. The maximum absolute atomic E-state index is 13.6. The van der Waals surface area contributed by atoms with Gasteiger partial charge in [-0.1, -0.05) is 13.8 Å². The number of anilines is 3. The largest absolute Gasteiger partial charge is 0.393 e. The smallest absolute Gasteiger partial charge is 0.188 e. The van der Waals surface area contributed by atoms with Gasteiger partial charge in [-0.3, -0.25) is 0 Å². The van der Waals surface area contributed by atoms with Gasteiger partial charge in [-0.2, -0.15) is 0 Å². The first kappa shape index (κ1) is 24.9. The number of hydrogen-bond acceptors (Lipinski definition) is 9. The van der Waals surface area contributed by atoms with E-state index in [0.717, 1.165) is 68.9 Å². The summed E-state index contributed by atoms with van der Waals surface area (Å²) < 4.78 is 27.1. The van der Waals surface area contributed by atoms with Crippen molar-refractivity contribution in [3.8, 4) is 0 Å². The van der Waals surface area contributed by atoms with Crippen molar-refractivity contribution in [2.75, 3.05) is 23.7 Å². The van der Waals surface area contributed by atoms with E-state index in [0.29, 0.717) is 29.4 Å². The van der Waals surface area contributed by atoms with Crippen LogP contribution >= 0.6 is 11.3 Å². The van der Waals surface area contributed by atoms with E-state index in [1.165, 1.54) is 4.88 Å². The molecule has 1 saturated heterocycles. The molecule has 1 saturated carbocycles. The van der Waals surface area contributed by atoms with Crippen molar-refractivity contribution in [1.82, 2.24) is 15.3 Å². The van der Waals surface area contributed by atoms with Crippen molar-refractivity contribution < 1.29 is 13.5 Å². The molecule has 3 aliphatic rings. The van der Waals surface area contributed by atoms with Gasteiger partial charge < -0.3 is 21.1 Å². The SMILES string of the molecule is CC1(C)CCc2nc(Nc3cc(S(=O)(=O)C4CCNCC4)cc(NC4CCC(O)CC4)n3)sc2C1. The number of aryl methyl sites for hydroxylation is 1. The molecular formula is C25H37N5O3S2. The van der Waals surface area contributed by atoms with Crippen LogP contribution in [0, 0.1) is 5.41 Å². The molecule has 0 bridgehead atoms. The van der Waals surface area contributed by atoms with Crippen LogP contribution in [0.15, 0.2) is 17.0 Å². The van der Waals surface area contributed by atoms with Crippen molar-refractivity contribution >= 4 is 37.9 Å². The summed E-state index contributed by atoms with van der Waals surface area (Å²) in [5, 5.41) is 20.3. The van der Waals surface area contributed by atoms with Crippen LogP contribution in [0.3, 0.4) is 0 Å². The maximum Gasteiger partial charge on any atom is 0.188 e. The summed E-state index contributed by atoms with van der Waals surface area (Å²) in [7, 11) is -3.48. The minimum Gasteiger partial charge on any atom is -0.393 e. The van der Waals surface area contributed by atoms with Crippen molar-refractivity contribution in [1.29, 1.82) is 0 Å². The summed E-state index contributed by atoms with van der Waals surface area (Å²) in [4.78, 5) is 11.2. The van der Waals surface area contributed by atoms with Gasteiger partial charge in [-0.15, -0.1) is 11.3 Å². The van der Waals surface area contributed by atoms with Crippen LogP contribution in [0.2, 0.25) is 0 Å². The Hall–Kier alpha value is -1.75. The molecule has 0 aromatic carbocycles. The molecular weight excluding hydrogens is 482 g/mol. The second kappa shape index (κ2) is 9.95. The van der Waals surface area contributed by atoms with Gasteiger partial charge in [0.1, 0.15) is 11.6 Å². The Labute approximate surface area is 212 Å². The zero-order chi connectivity index (χ0) is 24.6. The second-order valence-corrected chi connectivity index (χ2v) is 14.4. The molecule has 35 heavy (non-hydrogen) atoms. The maximum atomic E-state index is 13.6. The van der Waals surface area contributed by atoms with Crippen LogP contribution in [-0.2, 0) is 22.7 Å². The highest BCUT2D eigenvalue weighted by atomic mass is 32.2. The van der Waals surface area contributed by atoms with E-state index in [1.54, 1.807) is 23.5 Å². The number of thiazole rings is 1. The highest BCUT2D eigenvalue weighted by Gasteiger charge is 2.31. The van der Waals surface area contributed by atoms with Gasteiger partial charge in [-0.05, 0) is 88.4 Å². The standard InChI is InChI=1S/C25H37N5O3S2/c1-25(2)10-7-20-21(15-25)34-24(28-20)30-23-14-19(35(32,33)18-8-11-26-12-9-18)13-22(29-23)27-16-3-5-17(31)6-4-16/h13-14,16-18,26,31H,3-12,15H2,1-2H3,(H2,27,28,29,30). The minimum absolute atomic E-state index is 0.171. The number of fused-ring (bicyclic) bond motifs is 1. The summed E-state index contributed by atoms with van der Waals surface area (Å²) in [6.07, 6.45) is 7.27. The molecule has 2 fully saturated rings. The average Bonchev–Trinajstić information content (AvgIpc) is 3.21. The molecule has 0 radical (unpaired) electrons. The lowest BCUT2D eigenvalue weighted by Gasteiger charge is -2.28. The molecule has 5 rings (SSSR count). The summed E-state index contributed by atoms with van der Waals surface area (Å²) in [5.74, 6) is 1.06. The lowest BCUT2D eigenvalue weighted by molar-refractivity contribution is 0.126. The lowest BCUT2D eigenvalue weighted by atomic mass is 9.79.